The summed E-state index contributed by atoms with van der Waals surface area (Å²) in [6.45, 7) is 4.26. The lowest BCUT2D eigenvalue weighted by molar-refractivity contribution is 0.215. The summed E-state index contributed by atoms with van der Waals surface area (Å²) in [4.78, 5) is 2.40. The molecule has 1 fully saturated rings. The van der Waals surface area contributed by atoms with Gasteiger partial charge in [0.2, 0.25) is 0 Å². The van der Waals surface area contributed by atoms with E-state index in [1.54, 1.807) is 0 Å². The lowest BCUT2D eigenvalue weighted by Crippen LogP contribution is -2.34. The molecule has 2 aromatic rings. The topological polar surface area (TPSA) is 28.4 Å². The zero-order valence-corrected chi connectivity index (χ0v) is 13.8. The fourth-order valence-corrected chi connectivity index (χ4v) is 3.17. The van der Waals surface area contributed by atoms with E-state index < -0.39 is 0 Å². The molecule has 0 radical (unpaired) electrons. The maximum absolute atomic E-state index is 6.21. The predicted octanol–water partition coefficient (Wildman–Crippen LogP) is 4.03. The van der Waals surface area contributed by atoms with Crippen molar-refractivity contribution in [3.63, 3.8) is 0 Å². The van der Waals surface area contributed by atoms with Gasteiger partial charge in [0.15, 0.2) is 0 Å². The minimum atomic E-state index is 0.725. The summed E-state index contributed by atoms with van der Waals surface area (Å²) >= 11 is 6.21. The van der Waals surface area contributed by atoms with E-state index in [-0.39, 0.29) is 0 Å². The van der Waals surface area contributed by atoms with Crippen LogP contribution in [-0.4, -0.2) is 31.6 Å². The third-order valence-corrected chi connectivity index (χ3v) is 4.70. The second-order valence-electron chi connectivity index (χ2n) is 6.12. The first-order valence-corrected chi connectivity index (χ1v) is 8.33. The normalized spacial score (nSPS) is 17.0. The highest BCUT2D eigenvalue weighted by molar-refractivity contribution is 6.33. The molecule has 118 valence electrons. The Kier molecular flexibility index (Phi) is 5.19. The fourth-order valence-electron chi connectivity index (χ4n) is 2.94. The molecule has 1 aromatic carbocycles. The van der Waals surface area contributed by atoms with E-state index in [2.05, 4.69) is 17.3 Å². The van der Waals surface area contributed by atoms with Crippen LogP contribution in [0.3, 0.4) is 0 Å². The number of halogens is 1. The van der Waals surface area contributed by atoms with Crippen molar-refractivity contribution < 1.29 is 4.42 Å². The molecular weight excluding hydrogens is 296 g/mol. The van der Waals surface area contributed by atoms with Crippen molar-refractivity contribution in [1.82, 2.24) is 10.2 Å². The second-order valence-corrected chi connectivity index (χ2v) is 6.53. The Hall–Kier alpha value is -1.29. The Morgan fingerprint density at radius 1 is 1.18 bits per heavy atom. The van der Waals surface area contributed by atoms with E-state index in [0.29, 0.717) is 0 Å². The van der Waals surface area contributed by atoms with Gasteiger partial charge in [0.1, 0.15) is 11.5 Å². The fraction of sp³-hybridized carbons (Fsp3) is 0.444. The molecule has 1 aromatic heterocycles. The van der Waals surface area contributed by atoms with Gasteiger partial charge in [-0.1, -0.05) is 23.7 Å². The highest BCUT2D eigenvalue weighted by Gasteiger charge is 2.16. The van der Waals surface area contributed by atoms with Gasteiger partial charge in [-0.3, -0.25) is 0 Å². The number of rotatable bonds is 5. The molecule has 1 N–H and O–H groups in total. The monoisotopic (exact) mass is 318 g/mol. The van der Waals surface area contributed by atoms with Crippen molar-refractivity contribution in [3.05, 3.63) is 47.2 Å². The molecule has 2 heterocycles. The highest BCUT2D eigenvalue weighted by Crippen LogP contribution is 2.29. The van der Waals surface area contributed by atoms with Crippen molar-refractivity contribution in [1.29, 1.82) is 0 Å². The van der Waals surface area contributed by atoms with Crippen molar-refractivity contribution in [2.24, 2.45) is 5.92 Å². The zero-order chi connectivity index (χ0) is 15.4. The van der Waals surface area contributed by atoms with Crippen LogP contribution in [0.5, 0.6) is 0 Å². The molecule has 3 nitrogen and oxygen atoms in total. The third kappa shape index (κ3) is 3.92. The van der Waals surface area contributed by atoms with Crippen LogP contribution in [0.2, 0.25) is 5.02 Å². The number of piperidine rings is 1. The lowest BCUT2D eigenvalue weighted by atomic mass is 9.97. The Bertz CT molecular complexity index is 603. The molecule has 0 atom stereocenters. The van der Waals surface area contributed by atoms with Gasteiger partial charge in [0.05, 0.1) is 11.6 Å². The van der Waals surface area contributed by atoms with Crippen LogP contribution in [0.1, 0.15) is 18.6 Å². The van der Waals surface area contributed by atoms with Gasteiger partial charge in [-0.05, 0) is 69.7 Å². The molecule has 1 aliphatic rings. The Balaban J connectivity index is 1.51. The summed E-state index contributed by atoms with van der Waals surface area (Å²) in [6.07, 6.45) is 2.57. The second kappa shape index (κ2) is 7.32. The van der Waals surface area contributed by atoms with Crippen LogP contribution in [0.4, 0.5) is 0 Å². The zero-order valence-electron chi connectivity index (χ0n) is 13.0. The van der Waals surface area contributed by atoms with Gasteiger partial charge in [-0.2, -0.15) is 0 Å². The average Bonchev–Trinajstić information content (AvgIpc) is 2.98. The van der Waals surface area contributed by atoms with Gasteiger partial charge in [0.25, 0.3) is 0 Å². The Labute approximate surface area is 137 Å². The van der Waals surface area contributed by atoms with Gasteiger partial charge >= 0.3 is 0 Å². The molecule has 3 rings (SSSR count). The third-order valence-electron chi connectivity index (χ3n) is 4.37. The van der Waals surface area contributed by atoms with E-state index in [4.69, 9.17) is 16.0 Å². The number of likely N-dealkylation sites (tertiary alicyclic amines) is 1. The van der Waals surface area contributed by atoms with Crippen LogP contribution in [0.15, 0.2) is 40.8 Å². The largest absolute Gasteiger partial charge is 0.460 e. The van der Waals surface area contributed by atoms with Gasteiger partial charge in [-0.25, -0.2) is 0 Å². The summed E-state index contributed by atoms with van der Waals surface area (Å²) in [5.41, 5.74) is 0.950. The summed E-state index contributed by atoms with van der Waals surface area (Å²) in [5, 5.41) is 4.25. The molecule has 0 saturated carbocycles. The van der Waals surface area contributed by atoms with Crippen LogP contribution < -0.4 is 5.32 Å². The molecule has 0 spiro atoms. The maximum atomic E-state index is 6.21. The number of nitrogens with zero attached hydrogens (tertiary/aromatic N) is 1. The van der Waals surface area contributed by atoms with Crippen LogP contribution in [0, 0.1) is 5.92 Å². The number of hydrogen-bond acceptors (Lipinski definition) is 3. The smallest absolute Gasteiger partial charge is 0.135 e. The Morgan fingerprint density at radius 3 is 2.73 bits per heavy atom. The summed E-state index contributed by atoms with van der Waals surface area (Å²) in [7, 11) is 2.20. The molecule has 0 bridgehead atoms. The SMILES string of the molecule is CN1CCC(CNCc2ccc(-c3ccccc3Cl)o2)CC1. The summed E-state index contributed by atoms with van der Waals surface area (Å²) in [5.74, 6) is 2.58. The molecule has 0 unspecified atom stereocenters. The molecule has 22 heavy (non-hydrogen) atoms. The van der Waals surface area contributed by atoms with Gasteiger partial charge in [-0.15, -0.1) is 0 Å². The van der Waals surface area contributed by atoms with Gasteiger partial charge < -0.3 is 14.6 Å². The van der Waals surface area contributed by atoms with Gasteiger partial charge in [0, 0.05) is 5.56 Å². The minimum absolute atomic E-state index is 0.725. The maximum Gasteiger partial charge on any atom is 0.135 e. The molecule has 1 aliphatic heterocycles. The van der Waals surface area contributed by atoms with E-state index in [1.807, 2.05) is 36.4 Å². The number of furan rings is 1. The number of hydrogen-bond donors (Lipinski definition) is 1. The van der Waals surface area contributed by atoms with Crippen molar-refractivity contribution >= 4 is 11.6 Å². The van der Waals surface area contributed by atoms with Crippen LogP contribution in [0.25, 0.3) is 11.3 Å². The van der Waals surface area contributed by atoms with Crippen molar-refractivity contribution in [2.45, 2.75) is 19.4 Å². The van der Waals surface area contributed by atoms with E-state index in [0.717, 1.165) is 41.1 Å². The number of nitrogens with one attached hydrogen (secondary N) is 1. The Morgan fingerprint density at radius 2 is 1.95 bits per heavy atom. The quantitative estimate of drug-likeness (QED) is 0.902. The molecule has 1 saturated heterocycles. The lowest BCUT2D eigenvalue weighted by Gasteiger charge is -2.28. The standard InChI is InChI=1S/C18H23ClN2O/c1-21-10-8-14(9-11-21)12-20-13-15-6-7-18(22-15)16-4-2-3-5-17(16)19/h2-7,14,20H,8-13H2,1H3. The number of benzene rings is 1. The summed E-state index contributed by atoms with van der Waals surface area (Å²) < 4.78 is 5.90. The van der Waals surface area contributed by atoms with E-state index >= 15 is 0 Å². The average molecular weight is 319 g/mol. The molecule has 0 aliphatic carbocycles. The molecule has 4 heteroatoms. The first-order chi connectivity index (χ1) is 10.7. The first-order valence-electron chi connectivity index (χ1n) is 7.95. The van der Waals surface area contributed by atoms with E-state index in [1.165, 1.54) is 25.9 Å². The van der Waals surface area contributed by atoms with Crippen LogP contribution in [-0.2, 0) is 6.54 Å². The summed E-state index contributed by atoms with van der Waals surface area (Å²) in [6, 6.07) is 11.8. The molecule has 0 amide bonds. The molecular formula is C18H23ClN2O. The van der Waals surface area contributed by atoms with Crippen molar-refractivity contribution in [2.75, 3.05) is 26.7 Å². The van der Waals surface area contributed by atoms with Crippen molar-refractivity contribution in [3.8, 4) is 11.3 Å². The van der Waals surface area contributed by atoms with E-state index in [9.17, 15) is 0 Å². The highest BCUT2D eigenvalue weighted by atomic mass is 35.5. The first kappa shape index (κ1) is 15.6. The minimum Gasteiger partial charge on any atom is -0.460 e. The predicted molar refractivity (Wildman–Crippen MR) is 91.1 cm³/mol. The van der Waals surface area contributed by atoms with Crippen LogP contribution >= 0.6 is 11.6 Å².